The van der Waals surface area contributed by atoms with Gasteiger partial charge < -0.3 is 5.32 Å². The first kappa shape index (κ1) is 15.5. The lowest BCUT2D eigenvalue weighted by atomic mass is 10.0. The highest BCUT2D eigenvalue weighted by Crippen LogP contribution is 2.30. The first-order chi connectivity index (χ1) is 13.3. The number of aryl methyl sites for hydroxylation is 1. The average Bonchev–Trinajstić information content (AvgIpc) is 3.12. The molecule has 5 nitrogen and oxygen atoms in total. The second kappa shape index (κ2) is 6.21. The number of benzene rings is 3. The van der Waals surface area contributed by atoms with Crippen LogP contribution in [0.3, 0.4) is 0 Å². The number of nitrogens with zero attached hydrogens (tertiary/aromatic N) is 3. The molecule has 2 heterocycles. The van der Waals surface area contributed by atoms with Gasteiger partial charge in [-0.15, -0.1) is 0 Å². The van der Waals surface area contributed by atoms with E-state index in [1.165, 1.54) is 5.39 Å². The number of hydrogen-bond donors (Lipinski definition) is 2. The van der Waals surface area contributed by atoms with E-state index in [2.05, 4.69) is 39.8 Å². The number of fused-ring (bicyclic) bond motifs is 2. The van der Waals surface area contributed by atoms with Crippen LogP contribution in [0.15, 0.2) is 72.8 Å². The molecule has 3 aromatic carbocycles. The number of para-hydroxylation sites is 1. The summed E-state index contributed by atoms with van der Waals surface area (Å²) in [5, 5.41) is 13.8. The van der Waals surface area contributed by atoms with E-state index in [0.717, 1.165) is 39.2 Å². The summed E-state index contributed by atoms with van der Waals surface area (Å²) in [6, 6.07) is 24.5. The Morgan fingerprint density at radius 1 is 0.815 bits per heavy atom. The van der Waals surface area contributed by atoms with Gasteiger partial charge in [-0.05, 0) is 29.8 Å². The molecule has 5 aromatic rings. The number of hydrogen-bond acceptors (Lipinski definition) is 4. The van der Waals surface area contributed by atoms with Crippen LogP contribution in [0.4, 0.5) is 11.6 Å². The van der Waals surface area contributed by atoms with Gasteiger partial charge in [0.1, 0.15) is 5.82 Å². The number of aromatic amines is 1. The van der Waals surface area contributed by atoms with Crippen molar-refractivity contribution < 1.29 is 0 Å². The fourth-order valence-corrected chi connectivity index (χ4v) is 3.32. The fourth-order valence-electron chi connectivity index (χ4n) is 3.32. The Morgan fingerprint density at radius 3 is 2.44 bits per heavy atom. The monoisotopic (exact) mass is 351 g/mol. The Labute approximate surface area is 156 Å². The van der Waals surface area contributed by atoms with Crippen LogP contribution in [0.1, 0.15) is 5.69 Å². The largest absolute Gasteiger partial charge is 0.323 e. The maximum Gasteiger partial charge on any atom is 0.162 e. The zero-order valence-corrected chi connectivity index (χ0v) is 14.8. The van der Waals surface area contributed by atoms with Crippen LogP contribution in [0, 0.1) is 6.92 Å². The van der Waals surface area contributed by atoms with Gasteiger partial charge in [-0.25, -0.2) is 9.97 Å². The van der Waals surface area contributed by atoms with Crippen LogP contribution in [-0.4, -0.2) is 20.2 Å². The molecular weight excluding hydrogens is 334 g/mol. The van der Waals surface area contributed by atoms with Crippen LogP contribution < -0.4 is 5.32 Å². The Morgan fingerprint density at radius 2 is 1.59 bits per heavy atom. The van der Waals surface area contributed by atoms with Crippen molar-refractivity contribution in [3.63, 3.8) is 0 Å². The van der Waals surface area contributed by atoms with Crippen LogP contribution in [-0.2, 0) is 0 Å². The Bertz CT molecular complexity index is 1270. The average molecular weight is 351 g/mol. The topological polar surface area (TPSA) is 66.5 Å². The normalized spacial score (nSPS) is 11.1. The quantitative estimate of drug-likeness (QED) is 0.467. The van der Waals surface area contributed by atoms with Gasteiger partial charge >= 0.3 is 0 Å². The SMILES string of the molecule is Cc1cc(Nc2nc(-c3cccc4ccccc34)nc3ccccc23)n[nH]1. The molecule has 2 aromatic heterocycles. The third kappa shape index (κ3) is 2.79. The summed E-state index contributed by atoms with van der Waals surface area (Å²) in [7, 11) is 0. The summed E-state index contributed by atoms with van der Waals surface area (Å²) in [6.45, 7) is 1.97. The summed E-state index contributed by atoms with van der Waals surface area (Å²) in [5.41, 5.74) is 2.90. The molecule has 0 aliphatic rings. The molecule has 2 N–H and O–H groups in total. The van der Waals surface area contributed by atoms with Gasteiger partial charge in [0, 0.05) is 22.7 Å². The Kier molecular flexibility index (Phi) is 3.57. The lowest BCUT2D eigenvalue weighted by molar-refractivity contribution is 1.05. The van der Waals surface area contributed by atoms with Crippen molar-refractivity contribution in [3.05, 3.63) is 78.5 Å². The van der Waals surface area contributed by atoms with E-state index in [0.29, 0.717) is 5.82 Å². The summed E-state index contributed by atoms with van der Waals surface area (Å²) in [4.78, 5) is 9.67. The van der Waals surface area contributed by atoms with E-state index < -0.39 is 0 Å². The van der Waals surface area contributed by atoms with Crippen LogP contribution in [0.2, 0.25) is 0 Å². The summed E-state index contributed by atoms with van der Waals surface area (Å²) in [5.74, 6) is 2.18. The minimum absolute atomic E-state index is 0.695. The summed E-state index contributed by atoms with van der Waals surface area (Å²) >= 11 is 0. The van der Waals surface area contributed by atoms with Crippen molar-refractivity contribution in [2.24, 2.45) is 0 Å². The maximum atomic E-state index is 4.85. The van der Waals surface area contributed by atoms with E-state index in [9.17, 15) is 0 Å². The van der Waals surface area contributed by atoms with Crippen LogP contribution in [0.25, 0.3) is 33.1 Å². The fraction of sp³-hybridized carbons (Fsp3) is 0.0455. The molecule has 5 heteroatoms. The van der Waals surface area contributed by atoms with Gasteiger partial charge in [0.2, 0.25) is 0 Å². The Hall–Kier alpha value is -3.73. The third-order valence-corrected chi connectivity index (χ3v) is 4.59. The molecular formula is C22H17N5. The lowest BCUT2D eigenvalue weighted by Gasteiger charge is -2.11. The third-order valence-electron chi connectivity index (χ3n) is 4.59. The smallest absolute Gasteiger partial charge is 0.162 e. The number of rotatable bonds is 3. The van der Waals surface area contributed by atoms with Crippen molar-refractivity contribution >= 4 is 33.3 Å². The molecule has 0 saturated carbocycles. The summed E-state index contributed by atoms with van der Waals surface area (Å²) < 4.78 is 0. The van der Waals surface area contributed by atoms with Crippen molar-refractivity contribution in [1.29, 1.82) is 0 Å². The van der Waals surface area contributed by atoms with Crippen molar-refractivity contribution in [2.45, 2.75) is 6.92 Å². The number of aromatic nitrogens is 4. The van der Waals surface area contributed by atoms with E-state index in [4.69, 9.17) is 9.97 Å². The molecule has 0 atom stereocenters. The van der Waals surface area contributed by atoms with E-state index in [-0.39, 0.29) is 0 Å². The minimum Gasteiger partial charge on any atom is -0.323 e. The summed E-state index contributed by atoms with van der Waals surface area (Å²) in [6.07, 6.45) is 0. The number of H-pyrrole nitrogens is 1. The second-order valence-electron chi connectivity index (χ2n) is 6.50. The minimum atomic E-state index is 0.695. The lowest BCUT2D eigenvalue weighted by Crippen LogP contribution is -2.00. The van der Waals surface area contributed by atoms with E-state index in [1.54, 1.807) is 0 Å². The predicted octanol–water partition coefficient (Wildman–Crippen LogP) is 5.23. The van der Waals surface area contributed by atoms with Crippen molar-refractivity contribution in [2.75, 3.05) is 5.32 Å². The van der Waals surface area contributed by atoms with Gasteiger partial charge in [-0.1, -0.05) is 54.6 Å². The second-order valence-corrected chi connectivity index (χ2v) is 6.50. The molecule has 0 aliphatic heterocycles. The van der Waals surface area contributed by atoms with Gasteiger partial charge in [-0.2, -0.15) is 5.10 Å². The standard InChI is InChI=1S/C22H17N5/c1-14-13-20(27-26-14)24-22-18-10-4-5-12-19(18)23-21(25-22)17-11-6-8-15-7-2-3-9-16(15)17/h2-13H,1H3,(H2,23,24,25,26,27). The molecule has 0 spiro atoms. The maximum absolute atomic E-state index is 4.85. The number of nitrogens with one attached hydrogen (secondary N) is 2. The van der Waals surface area contributed by atoms with Crippen molar-refractivity contribution in [3.8, 4) is 11.4 Å². The van der Waals surface area contributed by atoms with Crippen LogP contribution in [0.5, 0.6) is 0 Å². The van der Waals surface area contributed by atoms with Gasteiger partial charge in [0.05, 0.1) is 5.52 Å². The van der Waals surface area contributed by atoms with Crippen LogP contribution >= 0.6 is 0 Å². The molecule has 27 heavy (non-hydrogen) atoms. The van der Waals surface area contributed by atoms with E-state index in [1.807, 2.05) is 55.5 Å². The molecule has 0 saturated heterocycles. The van der Waals surface area contributed by atoms with Gasteiger partial charge in [-0.3, -0.25) is 5.10 Å². The highest BCUT2D eigenvalue weighted by Gasteiger charge is 2.12. The number of anilines is 2. The van der Waals surface area contributed by atoms with Gasteiger partial charge in [0.15, 0.2) is 11.6 Å². The predicted molar refractivity (Wildman–Crippen MR) is 109 cm³/mol. The molecule has 5 rings (SSSR count). The molecule has 130 valence electrons. The molecule has 0 unspecified atom stereocenters. The highest BCUT2D eigenvalue weighted by atomic mass is 15.2. The molecule has 0 bridgehead atoms. The molecule has 0 radical (unpaired) electrons. The van der Waals surface area contributed by atoms with Crippen molar-refractivity contribution in [1.82, 2.24) is 20.2 Å². The van der Waals surface area contributed by atoms with Gasteiger partial charge in [0.25, 0.3) is 0 Å². The zero-order chi connectivity index (χ0) is 18.2. The molecule has 0 aliphatic carbocycles. The molecule has 0 fully saturated rings. The highest BCUT2D eigenvalue weighted by molar-refractivity contribution is 5.98. The first-order valence-electron chi connectivity index (χ1n) is 8.82. The first-order valence-corrected chi connectivity index (χ1v) is 8.82. The zero-order valence-electron chi connectivity index (χ0n) is 14.8. The molecule has 0 amide bonds. The van der Waals surface area contributed by atoms with E-state index >= 15 is 0 Å². The Balaban J connectivity index is 1.73.